The van der Waals surface area contributed by atoms with Gasteiger partial charge in [-0.1, -0.05) is 24.3 Å². The molecule has 2 rings (SSSR count). The number of amides is 1. The van der Waals surface area contributed by atoms with Crippen molar-refractivity contribution in [3.8, 4) is 11.5 Å². The van der Waals surface area contributed by atoms with E-state index in [2.05, 4.69) is 5.32 Å². The zero-order chi connectivity index (χ0) is 18.8. The predicted octanol–water partition coefficient (Wildman–Crippen LogP) is 2.95. The number of ether oxygens (including phenoxy) is 2. The fourth-order valence-corrected chi connectivity index (χ4v) is 2.57. The number of hydrogen-bond acceptors (Lipinski definition) is 4. The second kappa shape index (κ2) is 10.2. The highest BCUT2D eigenvalue weighted by molar-refractivity contribution is 6.36. The summed E-state index contributed by atoms with van der Waals surface area (Å²) in [7, 11) is 3.25. The van der Waals surface area contributed by atoms with Gasteiger partial charge in [0.15, 0.2) is 0 Å². The predicted molar refractivity (Wildman–Crippen MR) is 101 cm³/mol. The van der Waals surface area contributed by atoms with Crippen LogP contribution in [0.1, 0.15) is 24.0 Å². The molecular weight excluding hydrogens is 330 g/mol. The van der Waals surface area contributed by atoms with Gasteiger partial charge in [-0.25, -0.2) is 0 Å². The number of nitrogens with one attached hydrogen (secondary N) is 1. The van der Waals surface area contributed by atoms with Crippen molar-refractivity contribution in [2.45, 2.75) is 25.7 Å². The highest BCUT2D eigenvalue weighted by atomic mass is 16.5. The molecule has 0 aromatic heterocycles. The third kappa shape index (κ3) is 6.24. The Morgan fingerprint density at radius 3 is 1.81 bits per heavy atom. The molecule has 0 radical (unpaired) electrons. The van der Waals surface area contributed by atoms with E-state index in [1.54, 1.807) is 14.2 Å². The molecule has 0 aliphatic heterocycles. The summed E-state index contributed by atoms with van der Waals surface area (Å²) in [6.07, 6.45) is 2.33. The third-order valence-corrected chi connectivity index (χ3v) is 4.14. The molecule has 2 aromatic rings. The summed E-state index contributed by atoms with van der Waals surface area (Å²) in [5.41, 5.74) is 2.21. The Labute approximate surface area is 154 Å². The first-order valence-corrected chi connectivity index (χ1v) is 8.69. The van der Waals surface area contributed by atoms with Crippen molar-refractivity contribution < 1.29 is 19.1 Å². The largest absolute Gasteiger partial charge is 0.497 e. The molecule has 5 nitrogen and oxygen atoms in total. The molecule has 0 saturated carbocycles. The first-order valence-electron chi connectivity index (χ1n) is 8.69. The lowest BCUT2D eigenvalue weighted by molar-refractivity contribution is -0.137. The summed E-state index contributed by atoms with van der Waals surface area (Å²) in [6, 6.07) is 15.4. The second-order valence-corrected chi connectivity index (χ2v) is 5.98. The molecule has 1 N–H and O–H groups in total. The first kappa shape index (κ1) is 19.5. The van der Waals surface area contributed by atoms with Gasteiger partial charge in [0.05, 0.1) is 14.2 Å². The quantitative estimate of drug-likeness (QED) is 0.666. The Balaban J connectivity index is 1.65. The lowest BCUT2D eigenvalue weighted by Crippen LogP contribution is -2.32. The molecule has 26 heavy (non-hydrogen) atoms. The lowest BCUT2D eigenvalue weighted by atomic mass is 10.1. The molecule has 5 heteroatoms. The Bertz CT molecular complexity index is 644. The number of rotatable bonds is 10. The van der Waals surface area contributed by atoms with Gasteiger partial charge >= 0.3 is 0 Å². The molecule has 2 aromatic carbocycles. The minimum Gasteiger partial charge on any atom is -0.497 e. The van der Waals surface area contributed by atoms with E-state index in [-0.39, 0.29) is 12.2 Å². The van der Waals surface area contributed by atoms with Gasteiger partial charge in [-0.3, -0.25) is 9.59 Å². The summed E-state index contributed by atoms with van der Waals surface area (Å²) in [4.78, 5) is 23.8. The van der Waals surface area contributed by atoms with Crippen molar-refractivity contribution in [3.05, 3.63) is 59.7 Å². The molecule has 138 valence electrons. The van der Waals surface area contributed by atoms with E-state index in [0.29, 0.717) is 19.4 Å². The van der Waals surface area contributed by atoms with Gasteiger partial charge in [0.25, 0.3) is 5.91 Å². The van der Waals surface area contributed by atoms with Gasteiger partial charge in [0.2, 0.25) is 5.78 Å². The molecule has 0 aliphatic rings. The highest BCUT2D eigenvalue weighted by Crippen LogP contribution is 2.13. The van der Waals surface area contributed by atoms with Gasteiger partial charge in [0, 0.05) is 13.0 Å². The minimum absolute atomic E-state index is 0.250. The maximum Gasteiger partial charge on any atom is 0.287 e. The van der Waals surface area contributed by atoms with Crippen LogP contribution in [0.4, 0.5) is 0 Å². The zero-order valence-electron chi connectivity index (χ0n) is 15.3. The topological polar surface area (TPSA) is 64.6 Å². The van der Waals surface area contributed by atoms with E-state index in [0.717, 1.165) is 29.0 Å². The first-order chi connectivity index (χ1) is 12.6. The Morgan fingerprint density at radius 1 is 0.808 bits per heavy atom. The summed E-state index contributed by atoms with van der Waals surface area (Å²) < 4.78 is 10.2. The molecule has 0 bridgehead atoms. The van der Waals surface area contributed by atoms with Crippen LogP contribution in [0.3, 0.4) is 0 Å². The van der Waals surface area contributed by atoms with Crippen molar-refractivity contribution >= 4 is 11.7 Å². The smallest absolute Gasteiger partial charge is 0.287 e. The van der Waals surface area contributed by atoms with Gasteiger partial charge in [-0.15, -0.1) is 0 Å². The molecule has 0 saturated heterocycles. The van der Waals surface area contributed by atoms with Crippen LogP contribution >= 0.6 is 0 Å². The van der Waals surface area contributed by atoms with Gasteiger partial charge in [0.1, 0.15) is 11.5 Å². The minimum atomic E-state index is -0.506. The standard InChI is InChI=1S/C21H25NO4/c1-25-18-10-6-16(7-11-18)4-3-5-20(23)21(24)22-15-14-17-8-12-19(26-2)13-9-17/h6-13H,3-5,14-15H2,1-2H3,(H,22,24). The van der Waals surface area contributed by atoms with Crippen LogP contribution in [-0.4, -0.2) is 32.5 Å². The molecule has 0 spiro atoms. The Morgan fingerprint density at radius 2 is 1.31 bits per heavy atom. The van der Waals surface area contributed by atoms with E-state index in [4.69, 9.17) is 9.47 Å². The number of ketones is 1. The molecule has 0 heterocycles. The van der Waals surface area contributed by atoms with E-state index >= 15 is 0 Å². The Kier molecular flexibility index (Phi) is 7.68. The number of carbonyl (C=O) groups excluding carboxylic acids is 2. The van der Waals surface area contributed by atoms with Gasteiger partial charge in [-0.05, 0) is 54.7 Å². The average Bonchev–Trinajstić information content (AvgIpc) is 2.68. The maximum atomic E-state index is 11.9. The second-order valence-electron chi connectivity index (χ2n) is 5.98. The number of Topliss-reactive ketones (excluding diaryl/α,β-unsaturated/α-hetero) is 1. The van der Waals surface area contributed by atoms with Crippen molar-refractivity contribution in [2.75, 3.05) is 20.8 Å². The van der Waals surface area contributed by atoms with Crippen LogP contribution in [0.2, 0.25) is 0 Å². The summed E-state index contributed by atoms with van der Waals surface area (Å²) in [5.74, 6) is 0.729. The fourth-order valence-electron chi connectivity index (χ4n) is 2.57. The Hall–Kier alpha value is -2.82. The fraction of sp³-hybridized carbons (Fsp3) is 0.333. The molecule has 1 amide bonds. The number of aryl methyl sites for hydroxylation is 1. The van der Waals surface area contributed by atoms with E-state index < -0.39 is 5.91 Å². The summed E-state index contributed by atoms with van der Waals surface area (Å²) in [6.45, 7) is 0.440. The summed E-state index contributed by atoms with van der Waals surface area (Å²) in [5, 5.41) is 2.69. The summed E-state index contributed by atoms with van der Waals surface area (Å²) >= 11 is 0. The van der Waals surface area contributed by atoms with Crippen LogP contribution < -0.4 is 14.8 Å². The van der Waals surface area contributed by atoms with Crippen molar-refractivity contribution in [3.63, 3.8) is 0 Å². The van der Waals surface area contributed by atoms with Crippen LogP contribution in [0.25, 0.3) is 0 Å². The van der Waals surface area contributed by atoms with Crippen LogP contribution in [0, 0.1) is 0 Å². The molecule has 0 aliphatic carbocycles. The van der Waals surface area contributed by atoms with E-state index in [9.17, 15) is 9.59 Å². The monoisotopic (exact) mass is 355 g/mol. The van der Waals surface area contributed by atoms with E-state index in [1.807, 2.05) is 48.5 Å². The van der Waals surface area contributed by atoms with Crippen molar-refractivity contribution in [2.24, 2.45) is 0 Å². The third-order valence-electron chi connectivity index (χ3n) is 4.14. The number of methoxy groups -OCH3 is 2. The van der Waals surface area contributed by atoms with Crippen LogP contribution in [-0.2, 0) is 22.4 Å². The normalized spacial score (nSPS) is 10.2. The van der Waals surface area contributed by atoms with Crippen LogP contribution in [0.5, 0.6) is 11.5 Å². The number of benzene rings is 2. The molecule has 0 atom stereocenters. The SMILES string of the molecule is COc1ccc(CCCC(=O)C(=O)NCCc2ccc(OC)cc2)cc1. The average molecular weight is 355 g/mol. The molecule has 0 unspecified atom stereocenters. The van der Waals surface area contributed by atoms with Gasteiger partial charge < -0.3 is 14.8 Å². The van der Waals surface area contributed by atoms with Crippen molar-refractivity contribution in [1.29, 1.82) is 0 Å². The number of carbonyl (C=O) groups is 2. The zero-order valence-corrected chi connectivity index (χ0v) is 15.3. The number of hydrogen-bond donors (Lipinski definition) is 1. The van der Waals surface area contributed by atoms with Crippen molar-refractivity contribution in [1.82, 2.24) is 5.32 Å². The molecule has 0 fully saturated rings. The van der Waals surface area contributed by atoms with E-state index in [1.165, 1.54) is 0 Å². The highest BCUT2D eigenvalue weighted by Gasteiger charge is 2.12. The lowest BCUT2D eigenvalue weighted by Gasteiger charge is -2.06. The molecular formula is C21H25NO4. The van der Waals surface area contributed by atoms with Crippen LogP contribution in [0.15, 0.2) is 48.5 Å². The van der Waals surface area contributed by atoms with Gasteiger partial charge in [-0.2, -0.15) is 0 Å². The maximum absolute atomic E-state index is 11.9.